The van der Waals surface area contributed by atoms with E-state index in [1.807, 2.05) is 95.7 Å². The lowest BCUT2D eigenvalue weighted by Gasteiger charge is -2.36. The topological polar surface area (TPSA) is 40.2 Å². The smallest absolute Gasteiger partial charge is 0.269 e. The fourth-order valence-electron chi connectivity index (χ4n) is 10.7. The first-order valence-corrected chi connectivity index (χ1v) is 21.1. The molecule has 5 nitrogen and oxygen atoms in total. The maximum Gasteiger partial charge on any atom is 0.269 e. The van der Waals surface area contributed by atoms with Crippen LogP contribution >= 0.6 is 0 Å². The molecular weight excluding hydrogens is 735 g/mol. The molecule has 0 N–H and O–H groups in total. The molecule has 0 amide bonds. The molecule has 3 aliphatic rings. The fraction of sp³-hybridized carbons (Fsp3) is 0.236. The molecule has 8 aromatic rings. The van der Waals surface area contributed by atoms with E-state index in [-0.39, 0.29) is 34.0 Å². The molecule has 2 aromatic heterocycles. The summed E-state index contributed by atoms with van der Waals surface area (Å²) >= 11 is 0. The predicted molar refractivity (Wildman–Crippen MR) is 239 cm³/mol. The van der Waals surface area contributed by atoms with Gasteiger partial charge in [-0.25, -0.2) is 0 Å². The second-order valence-corrected chi connectivity index (χ2v) is 16.3. The molecule has 0 radical (unpaired) electrons. The van der Waals surface area contributed by atoms with Gasteiger partial charge in [0.1, 0.15) is 17.2 Å². The van der Waals surface area contributed by atoms with Crippen molar-refractivity contribution in [2.45, 2.75) is 57.0 Å². The molecule has 0 spiro atoms. The summed E-state index contributed by atoms with van der Waals surface area (Å²) in [6.07, 6.45) is 13.3. The van der Waals surface area contributed by atoms with Gasteiger partial charge in [-0.3, -0.25) is 14.1 Å². The first-order valence-electron chi connectivity index (χ1n) is 26.1. The van der Waals surface area contributed by atoms with E-state index >= 15 is 0 Å². The summed E-state index contributed by atoms with van der Waals surface area (Å²) in [6.45, 7) is 0. The van der Waals surface area contributed by atoms with Crippen molar-refractivity contribution in [2.24, 2.45) is 23.7 Å². The van der Waals surface area contributed by atoms with Crippen LogP contribution in [0.1, 0.15) is 70.3 Å². The van der Waals surface area contributed by atoms with E-state index < -0.39 is 60.4 Å². The summed E-state index contributed by atoms with van der Waals surface area (Å²) in [6, 6.07) is 29.1. The third-order valence-electron chi connectivity index (χ3n) is 13.1. The van der Waals surface area contributed by atoms with E-state index in [2.05, 4.69) is 12.4 Å². The minimum atomic E-state index is -0.550. The molecule has 3 saturated carbocycles. The third kappa shape index (κ3) is 6.86. The van der Waals surface area contributed by atoms with Gasteiger partial charge in [-0.05, 0) is 114 Å². The highest BCUT2D eigenvalue weighted by molar-refractivity contribution is 5.84. The highest BCUT2D eigenvalue weighted by Crippen LogP contribution is 2.61. The lowest BCUT2D eigenvalue weighted by Crippen LogP contribution is -2.32. The van der Waals surface area contributed by atoms with Crippen LogP contribution in [0.15, 0.2) is 176 Å². The molecule has 3 fully saturated rings. The standard InChI is InChI=1S/C55H49N3O2/c1-4-16-38(17-5-1)45-26-15-27-46(39-18-6-2-7-19-39)55(45)58-37-57(52-28-12-13-29-53(52)58)40-20-14-23-42(34-40)60-43-30-31-48-47-24-10-11-25-49(47)54(50(48)35-43)51-36-44(32-33-56-51)59-41-21-8-3-9-22-41/h1-9,12-23,26-29,32-34,36,43,47-50,54H,10-11,24-25,30-31,35H2/i1D,2D,4D,5D,6D,7D,16D,17D,18D,19D. The minimum absolute atomic E-state index is 0.0261. The summed E-state index contributed by atoms with van der Waals surface area (Å²) in [5.74, 6) is 4.86. The molecule has 3 aliphatic carbocycles. The molecule has 5 heteroatoms. The van der Waals surface area contributed by atoms with Crippen LogP contribution in [0, 0.1) is 30.0 Å². The van der Waals surface area contributed by atoms with Crippen molar-refractivity contribution in [3.8, 4) is 50.9 Å². The van der Waals surface area contributed by atoms with Crippen LogP contribution in [0.4, 0.5) is 0 Å². The average molecular weight is 794 g/mol. The minimum Gasteiger partial charge on any atom is -0.491 e. The fourth-order valence-corrected chi connectivity index (χ4v) is 10.7. The van der Waals surface area contributed by atoms with Crippen molar-refractivity contribution in [3.05, 3.63) is 188 Å². The number of imidazole rings is 1. The van der Waals surface area contributed by atoms with Gasteiger partial charge in [0, 0.05) is 23.9 Å². The summed E-state index contributed by atoms with van der Waals surface area (Å²) in [7, 11) is 0. The number of ether oxygens (including phenoxy) is 2. The van der Waals surface area contributed by atoms with Crippen LogP contribution in [0.2, 0.25) is 0 Å². The molecule has 60 heavy (non-hydrogen) atoms. The van der Waals surface area contributed by atoms with E-state index in [1.54, 1.807) is 22.8 Å². The monoisotopic (exact) mass is 793 g/mol. The van der Waals surface area contributed by atoms with Crippen LogP contribution in [0.25, 0.3) is 44.7 Å². The Hall–Kier alpha value is -6.46. The number of hydrogen-bond donors (Lipinski definition) is 0. The first-order chi connectivity index (χ1) is 33.9. The molecule has 2 heterocycles. The first kappa shape index (κ1) is 27.3. The molecule has 6 aromatic carbocycles. The largest absolute Gasteiger partial charge is 0.491 e. The van der Waals surface area contributed by atoms with E-state index in [0.717, 1.165) is 42.1 Å². The highest BCUT2D eigenvalue weighted by atomic mass is 16.5. The Morgan fingerprint density at radius 3 is 2.08 bits per heavy atom. The molecule has 6 unspecified atom stereocenters. The zero-order valence-electron chi connectivity index (χ0n) is 43.0. The quantitative estimate of drug-likeness (QED) is 0.108. The maximum absolute atomic E-state index is 9.02. The van der Waals surface area contributed by atoms with Gasteiger partial charge < -0.3 is 9.47 Å². The van der Waals surface area contributed by atoms with Crippen LogP contribution in [-0.2, 0) is 0 Å². The van der Waals surface area contributed by atoms with Gasteiger partial charge in [0.15, 0.2) is 0 Å². The Balaban J connectivity index is 0.980. The zero-order valence-corrected chi connectivity index (χ0v) is 33.0. The molecule has 296 valence electrons. The Labute approximate surface area is 367 Å². The molecule has 6 atom stereocenters. The Kier molecular flexibility index (Phi) is 7.27. The lowest BCUT2D eigenvalue weighted by molar-refractivity contribution is -0.571. The molecule has 0 aliphatic heterocycles. The lowest BCUT2D eigenvalue weighted by atomic mass is 9.73. The number of aromatic nitrogens is 3. The van der Waals surface area contributed by atoms with Crippen molar-refractivity contribution in [2.75, 3.05) is 0 Å². The average Bonchev–Trinajstić information content (AvgIpc) is 3.93. The van der Waals surface area contributed by atoms with Gasteiger partial charge in [0.2, 0.25) is 0 Å². The predicted octanol–water partition coefficient (Wildman–Crippen LogP) is 13.0. The Morgan fingerprint density at radius 2 is 1.30 bits per heavy atom. The highest BCUT2D eigenvalue weighted by Gasteiger charge is 2.53. The number of benzene rings is 6. The van der Waals surface area contributed by atoms with Crippen molar-refractivity contribution in [1.29, 1.82) is 0 Å². The van der Waals surface area contributed by atoms with Gasteiger partial charge in [0.05, 0.1) is 42.2 Å². The number of para-hydroxylation sites is 4. The third-order valence-corrected chi connectivity index (χ3v) is 13.1. The van der Waals surface area contributed by atoms with Gasteiger partial charge in [-0.2, -0.15) is 0 Å². The van der Waals surface area contributed by atoms with Crippen LogP contribution in [0.5, 0.6) is 17.2 Å². The summed E-state index contributed by atoms with van der Waals surface area (Å²) in [4.78, 5) is 5.02. The Bertz CT molecular complexity index is 3200. The molecular formula is C55H49N3O2. The van der Waals surface area contributed by atoms with Gasteiger partial charge in [0.25, 0.3) is 6.33 Å². The number of nitrogens with zero attached hydrogens (tertiary/aromatic N) is 3. The van der Waals surface area contributed by atoms with E-state index in [1.165, 1.54) is 25.7 Å². The number of rotatable bonds is 9. The number of pyridine rings is 1. The maximum atomic E-state index is 9.02. The number of hydrogen-bond acceptors (Lipinski definition) is 3. The second-order valence-electron chi connectivity index (χ2n) is 16.3. The van der Waals surface area contributed by atoms with Crippen molar-refractivity contribution < 1.29 is 27.7 Å². The SMILES string of the molecule is [2H]c1c([2H])c([2H])c(-c2cccc(-c3c([2H])c([2H])c([2H])c([2H])c3[2H])c2-[n+]2[c-]n(-c3cccc(OC4CCC5C6CCCCC6C(c6cc(Oc7ccccc7)ccn6)C5C4)c3)c3ccccc32)c([2H])c1[2H]. The summed E-state index contributed by atoms with van der Waals surface area (Å²) in [5.41, 5.74) is 3.50. The van der Waals surface area contributed by atoms with Crippen molar-refractivity contribution in [3.63, 3.8) is 0 Å². The van der Waals surface area contributed by atoms with E-state index in [4.69, 9.17) is 28.2 Å². The zero-order chi connectivity index (χ0) is 48.5. The molecule has 11 rings (SSSR count). The normalized spacial score (nSPS) is 24.5. The van der Waals surface area contributed by atoms with E-state index in [9.17, 15) is 0 Å². The Morgan fingerprint density at radius 1 is 0.617 bits per heavy atom. The molecule has 0 bridgehead atoms. The van der Waals surface area contributed by atoms with Gasteiger partial charge in [-0.1, -0.05) is 140 Å². The van der Waals surface area contributed by atoms with Crippen LogP contribution < -0.4 is 14.0 Å². The van der Waals surface area contributed by atoms with Gasteiger partial charge >= 0.3 is 0 Å². The van der Waals surface area contributed by atoms with Crippen molar-refractivity contribution >= 4 is 11.0 Å². The summed E-state index contributed by atoms with van der Waals surface area (Å²) < 4.78 is 104. The second kappa shape index (κ2) is 16.0. The van der Waals surface area contributed by atoms with Gasteiger partial charge in [-0.15, -0.1) is 0 Å². The van der Waals surface area contributed by atoms with Crippen molar-refractivity contribution in [1.82, 2.24) is 9.55 Å². The summed E-state index contributed by atoms with van der Waals surface area (Å²) in [5, 5.41) is 0. The van der Waals surface area contributed by atoms with Crippen LogP contribution in [-0.4, -0.2) is 15.7 Å². The van der Waals surface area contributed by atoms with Crippen LogP contribution in [0.3, 0.4) is 0 Å². The number of fused-ring (bicyclic) bond motifs is 4. The molecule has 0 saturated heterocycles. The van der Waals surface area contributed by atoms with E-state index in [0.29, 0.717) is 46.4 Å².